The fraction of sp³-hybridized carbons (Fsp3) is 0.393. The van der Waals surface area contributed by atoms with Crippen molar-refractivity contribution in [2.45, 2.75) is 71.8 Å². The molecular formula is C28H36HfN2. The van der Waals surface area contributed by atoms with Crippen molar-refractivity contribution in [3.05, 3.63) is 94.8 Å². The first-order valence-electron chi connectivity index (χ1n) is 11.1. The van der Waals surface area contributed by atoms with Gasteiger partial charge in [0.15, 0.2) is 0 Å². The molecule has 1 heterocycles. The zero-order valence-corrected chi connectivity index (χ0v) is 23.6. The van der Waals surface area contributed by atoms with E-state index in [9.17, 15) is 0 Å². The summed E-state index contributed by atoms with van der Waals surface area (Å²) >= 11 is 0. The molecule has 3 heteroatoms. The van der Waals surface area contributed by atoms with Gasteiger partial charge in [0.05, 0.1) is 11.7 Å². The van der Waals surface area contributed by atoms with Crippen LogP contribution in [-0.2, 0) is 31.3 Å². The molecule has 0 amide bonds. The predicted octanol–water partition coefficient (Wildman–Crippen LogP) is 7.82. The number of nitrogens with one attached hydrogen (secondary N) is 1. The molecule has 2 aromatic carbocycles. The molecule has 1 unspecified atom stereocenters. The first-order chi connectivity index (χ1) is 14.2. The van der Waals surface area contributed by atoms with Crippen LogP contribution in [0, 0.1) is 0 Å². The molecule has 2 nitrogen and oxygen atoms in total. The van der Waals surface area contributed by atoms with Gasteiger partial charge in [0.25, 0.3) is 0 Å². The number of nitrogens with zero attached hydrogens (tertiary/aromatic N) is 1. The number of hydrogen-bond donors (Lipinski definition) is 1. The minimum Gasteiger partial charge on any atom is -0.372 e. The molecule has 162 valence electrons. The van der Waals surface area contributed by atoms with Crippen LogP contribution >= 0.6 is 0 Å². The number of benzene rings is 2. The Labute approximate surface area is 207 Å². The Hall–Kier alpha value is -1.74. The second-order valence-corrected chi connectivity index (χ2v) is 9.82. The smallest absolute Gasteiger partial charge is 0.0940 e. The Morgan fingerprint density at radius 1 is 0.742 bits per heavy atom. The fourth-order valence-electron chi connectivity index (χ4n) is 3.91. The number of para-hydroxylation sites is 1. The van der Waals surface area contributed by atoms with E-state index < -0.39 is 0 Å². The van der Waals surface area contributed by atoms with Gasteiger partial charge >= 0.3 is 0 Å². The second-order valence-electron chi connectivity index (χ2n) is 9.82. The van der Waals surface area contributed by atoms with Crippen LogP contribution in [0.2, 0.25) is 0 Å². The van der Waals surface area contributed by atoms with Crippen molar-refractivity contribution in [2.75, 3.05) is 5.32 Å². The minimum atomic E-state index is -0.00221. The maximum atomic E-state index is 4.71. The molecule has 0 fully saturated rings. The quantitative estimate of drug-likeness (QED) is 0.302. The van der Waals surface area contributed by atoms with E-state index in [2.05, 4.69) is 108 Å². The third kappa shape index (κ3) is 6.16. The number of rotatable bonds is 6. The Bertz CT molecular complexity index is 928. The summed E-state index contributed by atoms with van der Waals surface area (Å²) in [6.07, 6.45) is 1.88. The standard InChI is InChI=1S/C28H36N2.Hf/c1-19(2)23-11-10-12-24(20(3)4)27(23)30-26(25-13-8-9-18-29-25)21-14-16-22(17-15-21)28(5,6)7;/h8-20,26,30H,1-7H3;. The summed E-state index contributed by atoms with van der Waals surface area (Å²) in [5, 5.41) is 3.91. The van der Waals surface area contributed by atoms with Crippen molar-refractivity contribution in [1.29, 1.82) is 0 Å². The monoisotopic (exact) mass is 580 g/mol. The second kappa shape index (κ2) is 10.7. The van der Waals surface area contributed by atoms with Crippen molar-refractivity contribution >= 4 is 5.69 Å². The maximum Gasteiger partial charge on any atom is 0.0940 e. The summed E-state index contributed by atoms with van der Waals surface area (Å²) < 4.78 is 0. The largest absolute Gasteiger partial charge is 0.372 e. The summed E-state index contributed by atoms with van der Waals surface area (Å²) in [7, 11) is 0. The van der Waals surface area contributed by atoms with Gasteiger partial charge in [0.1, 0.15) is 0 Å². The average Bonchev–Trinajstić information content (AvgIpc) is 2.71. The zero-order valence-electron chi connectivity index (χ0n) is 20.0. The summed E-state index contributed by atoms with van der Waals surface area (Å²) in [5.41, 5.74) is 7.71. The van der Waals surface area contributed by atoms with Gasteiger partial charge < -0.3 is 5.32 Å². The van der Waals surface area contributed by atoms with Crippen LogP contribution in [0.5, 0.6) is 0 Å². The molecule has 1 atom stereocenters. The molecule has 0 aliphatic carbocycles. The molecular weight excluding hydrogens is 543 g/mol. The molecule has 1 aromatic heterocycles. The van der Waals surface area contributed by atoms with E-state index in [1.54, 1.807) is 0 Å². The number of anilines is 1. The van der Waals surface area contributed by atoms with Crippen molar-refractivity contribution in [1.82, 2.24) is 4.98 Å². The van der Waals surface area contributed by atoms with Crippen LogP contribution in [0.25, 0.3) is 0 Å². The Kier molecular flexibility index (Phi) is 8.83. The van der Waals surface area contributed by atoms with Crippen LogP contribution in [0.1, 0.15) is 94.3 Å². The molecule has 0 aliphatic rings. The SMILES string of the molecule is CC(C)c1cccc(C(C)C)c1NC(c1ccc(C(C)(C)C)cc1)c1ccccn1.[Hf]. The zero-order chi connectivity index (χ0) is 21.9. The maximum absolute atomic E-state index is 4.71. The molecule has 0 bridgehead atoms. The summed E-state index contributed by atoms with van der Waals surface area (Å²) in [5.74, 6) is 0.887. The van der Waals surface area contributed by atoms with E-state index in [-0.39, 0.29) is 37.3 Å². The molecule has 0 aliphatic heterocycles. The Morgan fingerprint density at radius 3 is 1.77 bits per heavy atom. The van der Waals surface area contributed by atoms with Gasteiger partial charge in [0, 0.05) is 37.7 Å². The van der Waals surface area contributed by atoms with E-state index in [0.717, 1.165) is 5.69 Å². The van der Waals surface area contributed by atoms with Gasteiger partial charge in [-0.1, -0.05) is 97.0 Å². The Morgan fingerprint density at radius 2 is 1.32 bits per heavy atom. The first kappa shape index (κ1) is 25.5. The molecule has 3 aromatic rings. The molecule has 0 saturated heterocycles. The molecule has 3 rings (SSSR count). The molecule has 0 saturated carbocycles. The molecule has 31 heavy (non-hydrogen) atoms. The first-order valence-corrected chi connectivity index (χ1v) is 11.1. The van der Waals surface area contributed by atoms with Gasteiger partial charge in [-0.25, -0.2) is 0 Å². The van der Waals surface area contributed by atoms with Gasteiger partial charge in [-0.15, -0.1) is 0 Å². The van der Waals surface area contributed by atoms with Gasteiger partial charge in [0.2, 0.25) is 0 Å². The van der Waals surface area contributed by atoms with Crippen molar-refractivity contribution in [3.8, 4) is 0 Å². The number of pyridine rings is 1. The number of aromatic nitrogens is 1. The molecule has 0 radical (unpaired) electrons. The van der Waals surface area contributed by atoms with E-state index in [4.69, 9.17) is 4.98 Å². The van der Waals surface area contributed by atoms with Crippen LogP contribution < -0.4 is 5.32 Å². The van der Waals surface area contributed by atoms with Crippen molar-refractivity contribution < 1.29 is 25.8 Å². The fourth-order valence-corrected chi connectivity index (χ4v) is 3.91. The molecule has 0 spiro atoms. The summed E-state index contributed by atoms with van der Waals surface area (Å²) in [4.78, 5) is 4.71. The van der Waals surface area contributed by atoms with E-state index in [1.807, 2.05) is 12.3 Å². The summed E-state index contributed by atoms with van der Waals surface area (Å²) in [6, 6.07) is 21.8. The van der Waals surface area contributed by atoms with Crippen molar-refractivity contribution in [2.24, 2.45) is 0 Å². The van der Waals surface area contributed by atoms with Crippen LogP contribution in [0.4, 0.5) is 5.69 Å². The van der Waals surface area contributed by atoms with Gasteiger partial charge in [-0.3, -0.25) is 4.98 Å². The van der Waals surface area contributed by atoms with E-state index in [0.29, 0.717) is 11.8 Å². The predicted molar refractivity (Wildman–Crippen MR) is 129 cm³/mol. The van der Waals surface area contributed by atoms with Crippen LogP contribution in [0.3, 0.4) is 0 Å². The van der Waals surface area contributed by atoms with Crippen LogP contribution in [-0.4, -0.2) is 4.98 Å². The van der Waals surface area contributed by atoms with E-state index >= 15 is 0 Å². The summed E-state index contributed by atoms with van der Waals surface area (Å²) in [6.45, 7) is 15.8. The topological polar surface area (TPSA) is 24.9 Å². The number of hydrogen-bond acceptors (Lipinski definition) is 2. The van der Waals surface area contributed by atoms with Gasteiger partial charge in [-0.2, -0.15) is 0 Å². The Balaban J connectivity index is 0.00000341. The van der Waals surface area contributed by atoms with Crippen LogP contribution in [0.15, 0.2) is 66.9 Å². The third-order valence-corrected chi connectivity index (χ3v) is 5.76. The van der Waals surface area contributed by atoms with E-state index in [1.165, 1.54) is 27.9 Å². The third-order valence-electron chi connectivity index (χ3n) is 5.76. The minimum absolute atomic E-state index is 0. The average molecular weight is 579 g/mol. The van der Waals surface area contributed by atoms with Gasteiger partial charge in [-0.05, 0) is 51.6 Å². The molecule has 1 N–H and O–H groups in total. The normalized spacial score (nSPS) is 12.5. The van der Waals surface area contributed by atoms with Crippen molar-refractivity contribution in [3.63, 3.8) is 0 Å².